The molecule has 5 amide bonds. The van der Waals surface area contributed by atoms with E-state index < -0.39 is 23.9 Å². The van der Waals surface area contributed by atoms with Crippen molar-refractivity contribution in [1.29, 1.82) is 0 Å². The summed E-state index contributed by atoms with van der Waals surface area (Å²) in [6, 6.07) is 0.000868. The van der Waals surface area contributed by atoms with Gasteiger partial charge in [-0.05, 0) is 125 Å². The van der Waals surface area contributed by atoms with Crippen LogP contribution in [0.1, 0.15) is 125 Å². The number of amides is 5. The molecule has 0 aromatic carbocycles. The Bertz CT molecular complexity index is 1340. The molecular weight excluding hydrogens is 706 g/mol. The Kier molecular flexibility index (Phi) is 15.8. The average molecular weight is 778 g/mol. The highest BCUT2D eigenvalue weighted by Crippen LogP contribution is 2.68. The van der Waals surface area contributed by atoms with Gasteiger partial charge in [0.1, 0.15) is 5.60 Å². The third-order valence-electron chi connectivity index (χ3n) is 13.8. The summed E-state index contributed by atoms with van der Waals surface area (Å²) in [5.41, 5.74) is -0.856. The molecule has 0 heterocycles. The van der Waals surface area contributed by atoms with Crippen LogP contribution in [0, 0.1) is 46.3 Å². The number of carbonyl (C=O) groups excluding carboxylic acids is 5. The van der Waals surface area contributed by atoms with E-state index in [0.717, 1.165) is 44.9 Å². The number of rotatable bonds is 17. The molecule has 0 saturated heterocycles. The van der Waals surface area contributed by atoms with Crippen LogP contribution in [0.2, 0.25) is 0 Å². The van der Waals surface area contributed by atoms with Crippen molar-refractivity contribution in [2.45, 2.75) is 149 Å². The summed E-state index contributed by atoms with van der Waals surface area (Å²) in [6.07, 6.45) is 6.68. The maximum absolute atomic E-state index is 12.9. The Hall–Kier alpha value is -2.97. The van der Waals surface area contributed by atoms with Crippen molar-refractivity contribution in [2.75, 3.05) is 32.8 Å². The lowest BCUT2D eigenvalue weighted by Gasteiger charge is -2.63. The number of fused-ring (bicyclic) bond motifs is 5. The first kappa shape index (κ1) is 44.7. The molecule has 14 heteroatoms. The lowest BCUT2D eigenvalue weighted by molar-refractivity contribution is -0.202. The second-order valence-corrected chi connectivity index (χ2v) is 18.5. The first-order chi connectivity index (χ1) is 25.9. The fourth-order valence-corrected chi connectivity index (χ4v) is 11.0. The molecule has 0 radical (unpaired) electrons. The van der Waals surface area contributed by atoms with Crippen LogP contribution >= 0.6 is 0 Å². The van der Waals surface area contributed by atoms with Gasteiger partial charge >= 0.3 is 6.09 Å². The zero-order valence-corrected chi connectivity index (χ0v) is 34.2. The van der Waals surface area contributed by atoms with Crippen molar-refractivity contribution in [3.63, 3.8) is 0 Å². The number of hydrogen-bond donors (Lipinski definition) is 8. The number of ether oxygens (including phenoxy) is 1. The quantitative estimate of drug-likeness (QED) is 0.109. The molecule has 14 nitrogen and oxygen atoms in total. The summed E-state index contributed by atoms with van der Waals surface area (Å²) < 4.78 is 5.11. The highest BCUT2D eigenvalue weighted by Gasteiger charge is 2.65. The molecular formula is C41H71N5O9. The van der Waals surface area contributed by atoms with Crippen LogP contribution in [0.15, 0.2) is 0 Å². The van der Waals surface area contributed by atoms with E-state index in [4.69, 9.17) is 4.74 Å². The summed E-state index contributed by atoms with van der Waals surface area (Å²) >= 11 is 0. The molecule has 11 atom stereocenters. The van der Waals surface area contributed by atoms with Crippen molar-refractivity contribution in [1.82, 2.24) is 26.6 Å². The molecule has 0 aliphatic heterocycles. The molecule has 0 aromatic heterocycles. The van der Waals surface area contributed by atoms with Crippen molar-refractivity contribution >= 4 is 29.7 Å². The molecule has 4 saturated carbocycles. The minimum Gasteiger partial charge on any atom is -0.444 e. The second-order valence-electron chi connectivity index (χ2n) is 18.5. The van der Waals surface area contributed by atoms with Crippen LogP contribution in [0.5, 0.6) is 0 Å². The highest BCUT2D eigenvalue weighted by atomic mass is 16.6. The molecule has 4 aliphatic carbocycles. The van der Waals surface area contributed by atoms with Crippen LogP contribution in [-0.4, -0.2) is 102 Å². The summed E-state index contributed by atoms with van der Waals surface area (Å²) in [4.78, 5) is 60.9. The molecule has 4 aliphatic rings. The Labute approximate surface area is 327 Å². The van der Waals surface area contributed by atoms with Gasteiger partial charge in [0.15, 0.2) is 0 Å². The van der Waals surface area contributed by atoms with Gasteiger partial charge in [-0.2, -0.15) is 0 Å². The minimum absolute atomic E-state index is 0.000868. The van der Waals surface area contributed by atoms with E-state index in [1.165, 1.54) is 0 Å². The van der Waals surface area contributed by atoms with Gasteiger partial charge < -0.3 is 46.6 Å². The van der Waals surface area contributed by atoms with Gasteiger partial charge in [0, 0.05) is 64.5 Å². The molecule has 0 bridgehead atoms. The predicted octanol–water partition coefficient (Wildman–Crippen LogP) is 2.91. The molecule has 55 heavy (non-hydrogen) atoms. The van der Waals surface area contributed by atoms with Crippen molar-refractivity contribution in [2.24, 2.45) is 46.3 Å². The van der Waals surface area contributed by atoms with E-state index in [0.29, 0.717) is 24.7 Å². The number of carbonyl (C=O) groups is 5. The third-order valence-corrected chi connectivity index (χ3v) is 13.8. The van der Waals surface area contributed by atoms with Crippen molar-refractivity contribution in [3.8, 4) is 0 Å². The van der Waals surface area contributed by atoms with Gasteiger partial charge in [0.2, 0.25) is 23.6 Å². The zero-order valence-electron chi connectivity index (χ0n) is 34.2. The van der Waals surface area contributed by atoms with E-state index in [2.05, 4.69) is 47.4 Å². The number of aliphatic hydroxyl groups excluding tert-OH is 3. The maximum atomic E-state index is 12.9. The van der Waals surface area contributed by atoms with Gasteiger partial charge in [-0.25, -0.2) is 4.79 Å². The average Bonchev–Trinajstić information content (AvgIpc) is 3.45. The van der Waals surface area contributed by atoms with Gasteiger partial charge in [-0.3, -0.25) is 19.2 Å². The van der Waals surface area contributed by atoms with Gasteiger partial charge in [-0.1, -0.05) is 20.8 Å². The summed E-state index contributed by atoms with van der Waals surface area (Å²) in [5, 5.41) is 46.6. The van der Waals surface area contributed by atoms with Gasteiger partial charge in [0.25, 0.3) is 0 Å². The first-order valence-electron chi connectivity index (χ1n) is 20.9. The molecule has 4 fully saturated rings. The smallest absolute Gasteiger partial charge is 0.407 e. The van der Waals surface area contributed by atoms with E-state index >= 15 is 0 Å². The Morgan fingerprint density at radius 3 is 1.89 bits per heavy atom. The molecule has 0 aromatic rings. The van der Waals surface area contributed by atoms with Crippen molar-refractivity contribution in [3.05, 3.63) is 0 Å². The molecule has 0 spiro atoms. The summed E-state index contributed by atoms with van der Waals surface area (Å²) in [5.74, 6) is 0.728. The fourth-order valence-electron chi connectivity index (χ4n) is 11.0. The number of aliphatic hydroxyl groups is 3. The van der Waals surface area contributed by atoms with Gasteiger partial charge in [-0.15, -0.1) is 0 Å². The lowest BCUT2D eigenvalue weighted by Crippen LogP contribution is -2.63. The highest BCUT2D eigenvalue weighted by molar-refractivity contribution is 5.81. The molecule has 314 valence electrons. The van der Waals surface area contributed by atoms with Crippen LogP contribution in [0.3, 0.4) is 0 Å². The van der Waals surface area contributed by atoms with Crippen LogP contribution in [0.4, 0.5) is 4.79 Å². The largest absolute Gasteiger partial charge is 0.444 e. The first-order valence-corrected chi connectivity index (χ1v) is 20.9. The van der Waals surface area contributed by atoms with E-state index in [1.54, 1.807) is 20.8 Å². The minimum atomic E-state index is -0.628. The molecule has 4 rings (SSSR count). The SMILES string of the molecule is C[C@H](CCCO)[C@H]1CC[C@H]2[C@@H]3[C@H](O)C[C@@H]4C[C@@H](NC(=O)CCNC(=O)CCNC(=O)CCNC(=O)CCNC(=O)OC(C)(C)C)CC[C@]4(C)[C@H]3C[C@H](O)[C@]12C. The zero-order chi connectivity index (χ0) is 40.6. The van der Waals surface area contributed by atoms with E-state index in [1.807, 2.05) is 0 Å². The Balaban J connectivity index is 1.11. The Morgan fingerprint density at radius 2 is 1.33 bits per heavy atom. The van der Waals surface area contributed by atoms with E-state index in [9.17, 15) is 39.3 Å². The third kappa shape index (κ3) is 11.6. The molecule has 8 N–H and O–H groups in total. The fraction of sp³-hybridized carbons (Fsp3) is 0.878. The van der Waals surface area contributed by atoms with Crippen molar-refractivity contribution < 1.29 is 44.0 Å². The lowest BCUT2D eigenvalue weighted by atomic mass is 9.43. The topological polar surface area (TPSA) is 215 Å². The predicted molar refractivity (Wildman–Crippen MR) is 207 cm³/mol. The Morgan fingerprint density at radius 1 is 0.764 bits per heavy atom. The van der Waals surface area contributed by atoms with Crippen LogP contribution in [0.25, 0.3) is 0 Å². The number of nitrogens with one attached hydrogen (secondary N) is 5. The summed E-state index contributed by atoms with van der Waals surface area (Å²) in [7, 11) is 0. The number of alkyl carbamates (subject to hydrolysis) is 1. The number of hydrogen-bond acceptors (Lipinski definition) is 9. The summed E-state index contributed by atoms with van der Waals surface area (Å²) in [6.45, 7) is 12.9. The van der Waals surface area contributed by atoms with Crippen LogP contribution in [-0.2, 0) is 23.9 Å². The maximum Gasteiger partial charge on any atom is 0.407 e. The standard InChI is InChI=1S/C41H71N5O9/c1-25(8-7-21-47)28-9-10-29-37-30(24-32(49)41(28,29)6)40(5)16-11-27(22-26(40)23-31(37)48)46-36(53)15-19-44-34(51)13-17-42-33(50)12-18-43-35(52)14-20-45-38(54)55-39(2,3)4/h25-32,37,47-49H,7-24H2,1-6H3,(H,42,50)(H,43,52)(H,44,51)(H,45,54)(H,46,53)/t25-,26+,27+,28-,29+,30+,31-,32+,37+,40+,41-/m1/s1. The van der Waals surface area contributed by atoms with Gasteiger partial charge in [0.05, 0.1) is 12.2 Å². The second kappa shape index (κ2) is 19.5. The van der Waals surface area contributed by atoms with E-state index in [-0.39, 0.29) is 123 Å². The van der Waals surface area contributed by atoms with Crippen LogP contribution < -0.4 is 26.6 Å². The monoisotopic (exact) mass is 778 g/mol. The molecule has 0 unspecified atom stereocenters. The normalized spacial score (nSPS) is 33.2.